The average molecular weight is 642 g/mol. The zero-order valence-electron chi connectivity index (χ0n) is 20.6. The third-order valence-electron chi connectivity index (χ3n) is 4.02. The molecule has 4 nitrogen and oxygen atoms in total. The average Bonchev–Trinajstić information content (AvgIpc) is 2.45. The van der Waals surface area contributed by atoms with Crippen molar-refractivity contribution in [3.63, 3.8) is 0 Å². The van der Waals surface area contributed by atoms with E-state index in [0.717, 1.165) is 30.4 Å². The number of carbonyl (C=O) groups excluding carboxylic acids is 2. The van der Waals surface area contributed by atoms with E-state index in [9.17, 15) is 9.59 Å². The van der Waals surface area contributed by atoms with E-state index in [1.165, 1.54) is 0 Å². The number of halogens is 2. The standard InChI is InChI=1S/C11H24NO.C10H21NO.CH3I.CH4.HI/c1-9(2)7-11(10(3)13)8-12(4,5)6;1-8(2)6-10(9(3)12)7-11(4)5;1-2;;/h9,11H,7-8H2,1-6H3;8,10H,6-7H2,1-5H3;1H3;1H4;1H/q+1;;;;/p-1. The van der Waals surface area contributed by atoms with Gasteiger partial charge < -0.3 is 33.4 Å². The van der Waals surface area contributed by atoms with Crippen molar-refractivity contribution < 1.29 is 38.0 Å². The molecule has 2 unspecified atom stereocenters. The summed E-state index contributed by atoms with van der Waals surface area (Å²) in [6, 6.07) is 0. The van der Waals surface area contributed by atoms with Crippen LogP contribution in [0.15, 0.2) is 0 Å². The minimum atomic E-state index is 0. The maximum absolute atomic E-state index is 11.3. The quantitative estimate of drug-likeness (QED) is 0.209. The summed E-state index contributed by atoms with van der Waals surface area (Å²) in [6.45, 7) is 13.9. The van der Waals surface area contributed by atoms with Crippen LogP contribution in [0.1, 0.15) is 61.8 Å². The number of ketones is 2. The molecule has 180 valence electrons. The number of hydrogen-bond donors (Lipinski definition) is 0. The lowest BCUT2D eigenvalue weighted by Crippen LogP contribution is -3.00. The zero-order valence-corrected chi connectivity index (χ0v) is 24.9. The Kier molecular flexibility index (Phi) is 30.3. The number of rotatable bonds is 10. The Balaban J connectivity index is -0.000000115. The molecule has 0 N–H and O–H groups in total. The molecule has 0 saturated carbocycles. The van der Waals surface area contributed by atoms with E-state index in [1.807, 2.05) is 19.0 Å². The molecule has 0 spiro atoms. The second-order valence-corrected chi connectivity index (χ2v) is 9.61. The summed E-state index contributed by atoms with van der Waals surface area (Å²) in [5.41, 5.74) is 0. The molecule has 0 rings (SSSR count). The molecular weight excluding hydrogens is 590 g/mol. The predicted octanol–water partition coefficient (Wildman–Crippen LogP) is 2.43. The van der Waals surface area contributed by atoms with Gasteiger partial charge in [-0.15, -0.1) is 0 Å². The van der Waals surface area contributed by atoms with Crippen molar-refractivity contribution in [1.82, 2.24) is 4.90 Å². The minimum Gasteiger partial charge on any atom is -1.00 e. The van der Waals surface area contributed by atoms with Gasteiger partial charge in [0.25, 0.3) is 0 Å². The number of nitrogens with zero attached hydrogens (tertiary/aromatic N) is 2. The summed E-state index contributed by atoms with van der Waals surface area (Å²) >= 11 is 2.15. The van der Waals surface area contributed by atoms with Crippen LogP contribution in [0.4, 0.5) is 0 Å². The molecule has 0 amide bonds. The summed E-state index contributed by atoms with van der Waals surface area (Å²) in [5.74, 6) is 2.33. The van der Waals surface area contributed by atoms with Crippen LogP contribution in [0.2, 0.25) is 0 Å². The van der Waals surface area contributed by atoms with Gasteiger partial charge in [0.1, 0.15) is 11.6 Å². The van der Waals surface area contributed by atoms with Gasteiger partial charge in [-0.1, -0.05) is 57.7 Å². The second-order valence-electron chi connectivity index (χ2n) is 9.61. The smallest absolute Gasteiger partial charge is 0.138 e. The maximum Gasteiger partial charge on any atom is 0.138 e. The van der Waals surface area contributed by atoms with E-state index < -0.39 is 0 Å². The Bertz CT molecular complexity index is 383. The highest BCUT2D eigenvalue weighted by Crippen LogP contribution is 2.15. The first kappa shape index (κ1) is 40.1. The van der Waals surface area contributed by atoms with Gasteiger partial charge in [-0.25, -0.2) is 0 Å². The van der Waals surface area contributed by atoms with E-state index in [2.05, 4.69) is 76.3 Å². The van der Waals surface area contributed by atoms with Crippen molar-refractivity contribution in [3.8, 4) is 0 Å². The van der Waals surface area contributed by atoms with Crippen molar-refractivity contribution in [2.45, 2.75) is 61.8 Å². The molecule has 0 aliphatic carbocycles. The third kappa shape index (κ3) is 31.0. The number of alkyl halides is 1. The molecule has 0 aromatic heterocycles. The van der Waals surface area contributed by atoms with Gasteiger partial charge in [-0.05, 0) is 57.6 Å². The summed E-state index contributed by atoms with van der Waals surface area (Å²) in [4.78, 5) is 26.6. The topological polar surface area (TPSA) is 37.4 Å². The van der Waals surface area contributed by atoms with Gasteiger partial charge in [-0.2, -0.15) is 0 Å². The zero-order chi connectivity index (χ0) is 22.4. The first-order valence-corrected chi connectivity index (χ1v) is 12.1. The highest BCUT2D eigenvalue weighted by atomic mass is 127. The Morgan fingerprint density at radius 1 is 0.828 bits per heavy atom. The molecule has 0 radical (unpaired) electrons. The van der Waals surface area contributed by atoms with Crippen LogP contribution in [-0.2, 0) is 9.59 Å². The van der Waals surface area contributed by atoms with Crippen LogP contribution < -0.4 is 24.0 Å². The highest BCUT2D eigenvalue weighted by molar-refractivity contribution is 14.1. The van der Waals surface area contributed by atoms with Gasteiger partial charge in [0.05, 0.1) is 33.6 Å². The van der Waals surface area contributed by atoms with Gasteiger partial charge in [0.2, 0.25) is 0 Å². The van der Waals surface area contributed by atoms with Crippen LogP contribution in [0.5, 0.6) is 0 Å². The van der Waals surface area contributed by atoms with Crippen molar-refractivity contribution >= 4 is 34.2 Å². The molecular formula is C23H52I2N2O2. The lowest BCUT2D eigenvalue weighted by molar-refractivity contribution is -0.872. The Morgan fingerprint density at radius 3 is 1.34 bits per heavy atom. The number of carbonyl (C=O) groups is 2. The lowest BCUT2D eigenvalue weighted by atomic mass is 9.93. The molecule has 29 heavy (non-hydrogen) atoms. The van der Waals surface area contributed by atoms with Crippen LogP contribution >= 0.6 is 22.6 Å². The summed E-state index contributed by atoms with van der Waals surface area (Å²) in [6.07, 6.45) is 2.03. The van der Waals surface area contributed by atoms with E-state index >= 15 is 0 Å². The Hall–Kier alpha value is 0.720. The monoisotopic (exact) mass is 642 g/mol. The SMILES string of the molecule is C.CC(=O)C(CC(C)C)CN(C)C.CC(=O)C(CC(C)C)C[N+](C)(C)C.CI.[I-]. The minimum absolute atomic E-state index is 0. The normalized spacial score (nSPS) is 12.6. The van der Waals surface area contributed by atoms with Gasteiger partial charge in [-0.3, -0.25) is 9.59 Å². The second kappa shape index (κ2) is 21.9. The van der Waals surface area contributed by atoms with E-state index in [4.69, 9.17) is 0 Å². The van der Waals surface area contributed by atoms with Crippen molar-refractivity contribution in [2.75, 3.05) is 53.3 Å². The summed E-state index contributed by atoms with van der Waals surface area (Å²) in [7, 11) is 10.4. The van der Waals surface area contributed by atoms with Crippen LogP contribution in [0.3, 0.4) is 0 Å². The van der Waals surface area contributed by atoms with E-state index in [1.54, 1.807) is 13.8 Å². The van der Waals surface area contributed by atoms with Gasteiger partial charge >= 0.3 is 0 Å². The molecule has 0 heterocycles. The molecule has 0 aromatic rings. The highest BCUT2D eigenvalue weighted by Gasteiger charge is 2.22. The third-order valence-corrected chi connectivity index (χ3v) is 4.02. The summed E-state index contributed by atoms with van der Waals surface area (Å²) in [5, 5.41) is 0. The van der Waals surface area contributed by atoms with Crippen molar-refractivity contribution in [1.29, 1.82) is 0 Å². The number of quaternary nitrogens is 1. The van der Waals surface area contributed by atoms with Crippen molar-refractivity contribution in [3.05, 3.63) is 0 Å². The van der Waals surface area contributed by atoms with Crippen LogP contribution in [0, 0.1) is 23.7 Å². The largest absolute Gasteiger partial charge is 1.00 e. The first-order chi connectivity index (χ1) is 12.2. The predicted molar refractivity (Wildman–Crippen MR) is 135 cm³/mol. The molecule has 0 aliphatic rings. The molecule has 2 atom stereocenters. The fraction of sp³-hybridized carbons (Fsp3) is 0.913. The molecule has 0 fully saturated rings. The fourth-order valence-electron chi connectivity index (χ4n) is 2.98. The lowest BCUT2D eigenvalue weighted by Gasteiger charge is -2.28. The van der Waals surface area contributed by atoms with E-state index in [-0.39, 0.29) is 43.2 Å². The molecule has 0 aliphatic heterocycles. The van der Waals surface area contributed by atoms with Crippen LogP contribution in [0.25, 0.3) is 0 Å². The summed E-state index contributed by atoms with van der Waals surface area (Å²) < 4.78 is 0.872. The number of hydrogen-bond acceptors (Lipinski definition) is 3. The van der Waals surface area contributed by atoms with Crippen LogP contribution in [-0.4, -0.2) is 74.2 Å². The van der Waals surface area contributed by atoms with E-state index in [0.29, 0.717) is 23.4 Å². The fourth-order valence-corrected chi connectivity index (χ4v) is 2.98. The van der Waals surface area contributed by atoms with Crippen molar-refractivity contribution in [2.24, 2.45) is 23.7 Å². The molecule has 0 aromatic carbocycles. The number of Topliss-reactive ketones (excluding diaryl/α,β-unsaturated/α-hetero) is 2. The Labute approximate surface area is 214 Å². The molecule has 6 heteroatoms. The maximum atomic E-state index is 11.3. The Morgan fingerprint density at radius 2 is 1.14 bits per heavy atom. The first-order valence-electron chi connectivity index (χ1n) is 9.99. The molecule has 0 bridgehead atoms. The molecule has 0 saturated heterocycles. The van der Waals surface area contributed by atoms with Gasteiger partial charge in [0, 0.05) is 12.5 Å². The van der Waals surface area contributed by atoms with Gasteiger partial charge in [0.15, 0.2) is 0 Å².